The third-order valence-corrected chi connectivity index (χ3v) is 3.51. The van der Waals surface area contributed by atoms with Gasteiger partial charge < -0.3 is 10.3 Å². The molecule has 2 heterocycles. The van der Waals surface area contributed by atoms with Gasteiger partial charge in [0.15, 0.2) is 0 Å². The summed E-state index contributed by atoms with van der Waals surface area (Å²) in [5.41, 5.74) is 1.89. The molecule has 0 bridgehead atoms. The molecular weight excluding hydrogens is 227 g/mol. The number of hydrogen-bond donors (Lipinski definition) is 2. The van der Waals surface area contributed by atoms with Crippen LogP contribution >= 0.6 is 11.6 Å². The lowest BCUT2D eigenvalue weighted by molar-refractivity contribution is 0.333. The second-order valence-electron chi connectivity index (χ2n) is 4.18. The van der Waals surface area contributed by atoms with Crippen LogP contribution in [0, 0.1) is 0 Å². The first-order valence-corrected chi connectivity index (χ1v) is 5.76. The molecule has 1 aromatic heterocycles. The molecule has 4 heteroatoms. The fourth-order valence-corrected chi connectivity index (χ4v) is 2.77. The Hall–Kier alpha value is -1.06. The Bertz CT molecular complexity index is 523. The van der Waals surface area contributed by atoms with Gasteiger partial charge in [0, 0.05) is 35.5 Å². The van der Waals surface area contributed by atoms with E-state index in [2.05, 4.69) is 10.3 Å². The maximum absolute atomic E-state index is 13.7. The zero-order valence-corrected chi connectivity index (χ0v) is 9.39. The molecule has 2 N–H and O–H groups in total. The van der Waals surface area contributed by atoms with Gasteiger partial charge in [-0.05, 0) is 6.07 Å². The van der Waals surface area contributed by atoms with Crippen LogP contribution in [0.1, 0.15) is 11.5 Å². The van der Waals surface area contributed by atoms with E-state index in [0.717, 1.165) is 16.5 Å². The number of rotatable bonds is 1. The Labute approximate surface area is 97.8 Å². The van der Waals surface area contributed by atoms with Gasteiger partial charge in [-0.2, -0.15) is 0 Å². The summed E-state index contributed by atoms with van der Waals surface area (Å²) in [4.78, 5) is 3.10. The molecule has 1 aliphatic heterocycles. The van der Waals surface area contributed by atoms with Crippen LogP contribution in [0.25, 0.3) is 10.9 Å². The van der Waals surface area contributed by atoms with E-state index in [1.165, 1.54) is 0 Å². The van der Waals surface area contributed by atoms with Crippen molar-refractivity contribution in [3.05, 3.63) is 35.0 Å². The zero-order chi connectivity index (χ0) is 11.1. The van der Waals surface area contributed by atoms with E-state index in [1.54, 1.807) is 0 Å². The van der Waals surface area contributed by atoms with Gasteiger partial charge in [0.25, 0.3) is 0 Å². The highest BCUT2D eigenvalue weighted by molar-refractivity contribution is 6.31. The third-order valence-electron chi connectivity index (χ3n) is 3.21. The standard InChI is InChI=1S/C12H12ClFN2/c13-12-11(8-5-15-6-9(8)14)7-3-1-2-4-10(7)16-12/h1-4,8-9,15-16H,5-6H2/t8-,9-/m1/s1. The van der Waals surface area contributed by atoms with Crippen molar-refractivity contribution in [2.45, 2.75) is 12.1 Å². The van der Waals surface area contributed by atoms with Gasteiger partial charge in [-0.1, -0.05) is 29.8 Å². The second kappa shape index (κ2) is 3.75. The fraction of sp³-hybridized carbons (Fsp3) is 0.333. The van der Waals surface area contributed by atoms with Gasteiger partial charge in [-0.25, -0.2) is 4.39 Å². The van der Waals surface area contributed by atoms with Crippen molar-refractivity contribution in [1.29, 1.82) is 0 Å². The predicted octanol–water partition coefficient (Wildman–Crippen LogP) is 2.85. The molecule has 0 saturated carbocycles. The minimum atomic E-state index is -0.850. The van der Waals surface area contributed by atoms with E-state index in [0.29, 0.717) is 18.2 Å². The zero-order valence-electron chi connectivity index (χ0n) is 8.63. The molecule has 16 heavy (non-hydrogen) atoms. The predicted molar refractivity (Wildman–Crippen MR) is 63.8 cm³/mol. The van der Waals surface area contributed by atoms with Gasteiger partial charge in [-0.3, -0.25) is 0 Å². The number of fused-ring (bicyclic) bond motifs is 1. The van der Waals surface area contributed by atoms with Gasteiger partial charge >= 0.3 is 0 Å². The van der Waals surface area contributed by atoms with Crippen LogP contribution in [0.15, 0.2) is 24.3 Å². The number of aromatic amines is 1. The number of alkyl halides is 1. The third kappa shape index (κ3) is 1.43. The van der Waals surface area contributed by atoms with Crippen molar-refractivity contribution in [1.82, 2.24) is 10.3 Å². The number of aromatic nitrogens is 1. The van der Waals surface area contributed by atoms with Crippen molar-refractivity contribution in [3.8, 4) is 0 Å². The summed E-state index contributed by atoms with van der Waals surface area (Å²) in [5, 5.41) is 4.65. The van der Waals surface area contributed by atoms with E-state index in [1.807, 2.05) is 24.3 Å². The SMILES string of the molecule is F[C@@H]1CNC[C@H]1c1c(Cl)[nH]c2ccccc12. The van der Waals surface area contributed by atoms with Crippen molar-refractivity contribution < 1.29 is 4.39 Å². The first-order valence-electron chi connectivity index (χ1n) is 5.38. The molecule has 2 nitrogen and oxygen atoms in total. The maximum atomic E-state index is 13.7. The number of para-hydroxylation sites is 1. The Kier molecular flexibility index (Phi) is 2.37. The molecule has 1 fully saturated rings. The van der Waals surface area contributed by atoms with Crippen LogP contribution in [0.5, 0.6) is 0 Å². The molecular formula is C12H12ClFN2. The van der Waals surface area contributed by atoms with Gasteiger partial charge in [0.1, 0.15) is 11.3 Å². The molecule has 1 aromatic carbocycles. The average molecular weight is 239 g/mol. The summed E-state index contributed by atoms with van der Waals surface area (Å²) in [7, 11) is 0. The van der Waals surface area contributed by atoms with Crippen LogP contribution in [0.2, 0.25) is 5.15 Å². The van der Waals surface area contributed by atoms with E-state index >= 15 is 0 Å². The molecule has 0 amide bonds. The topological polar surface area (TPSA) is 27.8 Å². The highest BCUT2D eigenvalue weighted by Crippen LogP contribution is 2.36. The van der Waals surface area contributed by atoms with Crippen LogP contribution in [0.3, 0.4) is 0 Å². The van der Waals surface area contributed by atoms with Crippen LogP contribution in [0.4, 0.5) is 4.39 Å². The quantitative estimate of drug-likeness (QED) is 0.786. The maximum Gasteiger partial charge on any atom is 0.121 e. The van der Waals surface area contributed by atoms with Crippen LogP contribution in [-0.4, -0.2) is 24.2 Å². The summed E-state index contributed by atoms with van der Waals surface area (Å²) in [6.07, 6.45) is -0.850. The largest absolute Gasteiger partial charge is 0.345 e. The molecule has 1 saturated heterocycles. The number of halogens is 2. The molecule has 1 aliphatic rings. The van der Waals surface area contributed by atoms with Gasteiger partial charge in [0.05, 0.1) is 0 Å². The molecule has 2 atom stereocenters. The summed E-state index contributed by atoms with van der Waals surface area (Å²) in [6, 6.07) is 7.84. The Balaban J connectivity index is 2.18. The van der Waals surface area contributed by atoms with E-state index in [-0.39, 0.29) is 5.92 Å². The Morgan fingerprint density at radius 3 is 2.81 bits per heavy atom. The number of H-pyrrole nitrogens is 1. The average Bonchev–Trinajstić information content (AvgIpc) is 2.81. The lowest BCUT2D eigenvalue weighted by Gasteiger charge is -2.11. The lowest BCUT2D eigenvalue weighted by Crippen LogP contribution is -2.10. The second-order valence-corrected chi connectivity index (χ2v) is 4.56. The molecule has 0 spiro atoms. The van der Waals surface area contributed by atoms with Gasteiger partial charge in [0.2, 0.25) is 0 Å². The first-order chi connectivity index (χ1) is 7.77. The Morgan fingerprint density at radius 2 is 2.06 bits per heavy atom. The number of nitrogens with one attached hydrogen (secondary N) is 2. The number of benzene rings is 1. The van der Waals surface area contributed by atoms with Crippen molar-refractivity contribution in [2.75, 3.05) is 13.1 Å². The van der Waals surface area contributed by atoms with Gasteiger partial charge in [-0.15, -0.1) is 0 Å². The molecule has 3 rings (SSSR count). The van der Waals surface area contributed by atoms with Crippen LogP contribution in [-0.2, 0) is 0 Å². The first kappa shape index (κ1) is 10.1. The lowest BCUT2D eigenvalue weighted by atomic mass is 9.96. The smallest absolute Gasteiger partial charge is 0.121 e. The fourth-order valence-electron chi connectivity index (χ4n) is 2.42. The monoisotopic (exact) mass is 238 g/mol. The molecule has 84 valence electrons. The minimum absolute atomic E-state index is 0.136. The van der Waals surface area contributed by atoms with Crippen LogP contribution < -0.4 is 5.32 Å². The molecule has 2 aromatic rings. The summed E-state index contributed by atoms with van der Waals surface area (Å²) in [5.74, 6) is -0.136. The summed E-state index contributed by atoms with van der Waals surface area (Å²) < 4.78 is 13.7. The van der Waals surface area contributed by atoms with E-state index in [4.69, 9.17) is 11.6 Å². The molecule has 0 aliphatic carbocycles. The highest BCUT2D eigenvalue weighted by Gasteiger charge is 2.31. The molecule has 0 radical (unpaired) electrons. The normalized spacial score (nSPS) is 25.4. The van der Waals surface area contributed by atoms with E-state index < -0.39 is 6.17 Å². The number of hydrogen-bond acceptors (Lipinski definition) is 1. The minimum Gasteiger partial charge on any atom is -0.345 e. The van der Waals surface area contributed by atoms with Crippen molar-refractivity contribution >= 4 is 22.5 Å². The summed E-state index contributed by atoms with van der Waals surface area (Å²) >= 11 is 6.16. The van der Waals surface area contributed by atoms with E-state index in [9.17, 15) is 4.39 Å². The van der Waals surface area contributed by atoms with Crippen molar-refractivity contribution in [2.24, 2.45) is 0 Å². The Morgan fingerprint density at radius 1 is 1.25 bits per heavy atom. The molecule has 0 unspecified atom stereocenters. The highest BCUT2D eigenvalue weighted by atomic mass is 35.5. The van der Waals surface area contributed by atoms with Crippen molar-refractivity contribution in [3.63, 3.8) is 0 Å². The summed E-state index contributed by atoms with van der Waals surface area (Å²) in [6.45, 7) is 1.07.